The highest BCUT2D eigenvalue weighted by atomic mass is 19.1. The fourth-order valence-electron chi connectivity index (χ4n) is 6.07. The minimum absolute atomic E-state index is 0.0869. The number of rotatable bonds is 5. The van der Waals surface area contributed by atoms with Crippen molar-refractivity contribution in [1.29, 1.82) is 5.26 Å². The van der Waals surface area contributed by atoms with Crippen LogP contribution in [0.5, 0.6) is 0 Å². The second-order valence-corrected chi connectivity index (χ2v) is 9.38. The third-order valence-electron chi connectivity index (χ3n) is 7.73. The van der Waals surface area contributed by atoms with Gasteiger partial charge in [0.2, 0.25) is 11.8 Å². The molecule has 5 rings (SSSR count). The van der Waals surface area contributed by atoms with Gasteiger partial charge in [-0.15, -0.1) is 0 Å². The van der Waals surface area contributed by atoms with Gasteiger partial charge in [-0.1, -0.05) is 12.1 Å². The van der Waals surface area contributed by atoms with E-state index in [4.69, 9.17) is 5.73 Å². The van der Waals surface area contributed by atoms with E-state index in [0.29, 0.717) is 26.1 Å². The van der Waals surface area contributed by atoms with E-state index in [9.17, 15) is 19.2 Å². The number of nitrogens with two attached hydrogens (primary N) is 1. The molecule has 4 fully saturated rings. The van der Waals surface area contributed by atoms with Crippen LogP contribution < -0.4 is 5.73 Å². The zero-order valence-corrected chi connectivity index (χ0v) is 17.5. The Morgan fingerprint density at radius 2 is 2.03 bits per heavy atom. The SMILES string of the molecule is N#C[C@@H]1CCCN1C(=O)[C@@H](N)CN1C[C@@H]2C[C@H]1C(=O)N2C1(c2ccc(F)cc2)CCC1. The van der Waals surface area contributed by atoms with E-state index in [1.54, 1.807) is 4.90 Å². The van der Waals surface area contributed by atoms with Crippen molar-refractivity contribution in [3.8, 4) is 6.07 Å². The van der Waals surface area contributed by atoms with Crippen LogP contribution in [0.25, 0.3) is 0 Å². The molecule has 164 valence electrons. The Hall–Kier alpha value is -2.50. The topological polar surface area (TPSA) is 93.7 Å². The zero-order chi connectivity index (χ0) is 21.8. The number of fused-ring (bicyclic) bond motifs is 2. The van der Waals surface area contributed by atoms with Gasteiger partial charge in [0.25, 0.3) is 0 Å². The van der Waals surface area contributed by atoms with E-state index in [1.165, 1.54) is 12.1 Å². The molecule has 7 nitrogen and oxygen atoms in total. The molecule has 0 aromatic heterocycles. The van der Waals surface area contributed by atoms with Gasteiger partial charge in [0.15, 0.2) is 0 Å². The van der Waals surface area contributed by atoms with Crippen LogP contribution in [0.2, 0.25) is 0 Å². The predicted octanol–water partition coefficient (Wildman–Crippen LogP) is 1.33. The lowest BCUT2D eigenvalue weighted by molar-refractivity contribution is -0.150. The number of carbonyl (C=O) groups is 2. The third kappa shape index (κ3) is 3.14. The molecule has 8 heteroatoms. The van der Waals surface area contributed by atoms with Crippen molar-refractivity contribution in [1.82, 2.24) is 14.7 Å². The summed E-state index contributed by atoms with van der Waals surface area (Å²) >= 11 is 0. The van der Waals surface area contributed by atoms with Gasteiger partial charge in [-0.05, 0) is 56.2 Å². The van der Waals surface area contributed by atoms with Crippen LogP contribution >= 0.6 is 0 Å². The monoisotopic (exact) mass is 425 g/mol. The largest absolute Gasteiger partial charge is 0.327 e. The van der Waals surface area contributed by atoms with Crippen molar-refractivity contribution >= 4 is 11.8 Å². The fraction of sp³-hybridized carbons (Fsp3) is 0.609. The number of piperazine rings is 1. The molecule has 3 heterocycles. The van der Waals surface area contributed by atoms with Crippen molar-refractivity contribution in [2.75, 3.05) is 19.6 Å². The van der Waals surface area contributed by atoms with Crippen LogP contribution in [0.3, 0.4) is 0 Å². The number of nitriles is 1. The molecule has 4 atom stereocenters. The molecule has 1 saturated carbocycles. The number of benzene rings is 1. The number of hydrogen-bond donors (Lipinski definition) is 1. The smallest absolute Gasteiger partial charge is 0.241 e. The summed E-state index contributed by atoms with van der Waals surface area (Å²) in [5.41, 5.74) is 6.91. The van der Waals surface area contributed by atoms with Gasteiger partial charge in [-0.25, -0.2) is 4.39 Å². The van der Waals surface area contributed by atoms with E-state index in [-0.39, 0.29) is 41.3 Å². The first-order valence-corrected chi connectivity index (χ1v) is 11.2. The Balaban J connectivity index is 1.28. The molecule has 1 aliphatic carbocycles. The number of carbonyl (C=O) groups excluding carboxylic acids is 2. The Morgan fingerprint density at radius 3 is 2.65 bits per heavy atom. The van der Waals surface area contributed by atoms with Crippen LogP contribution in [0, 0.1) is 17.1 Å². The van der Waals surface area contributed by atoms with Gasteiger partial charge in [0.05, 0.1) is 23.7 Å². The molecule has 1 aromatic carbocycles. The van der Waals surface area contributed by atoms with Gasteiger partial charge in [0.1, 0.15) is 11.9 Å². The highest BCUT2D eigenvalue weighted by molar-refractivity contribution is 5.87. The summed E-state index contributed by atoms with van der Waals surface area (Å²) in [7, 11) is 0. The maximum Gasteiger partial charge on any atom is 0.241 e. The number of likely N-dealkylation sites (tertiary alicyclic amines) is 3. The molecule has 4 aliphatic rings. The molecule has 2 bridgehead atoms. The predicted molar refractivity (Wildman–Crippen MR) is 111 cm³/mol. The lowest BCUT2D eigenvalue weighted by Gasteiger charge is -2.53. The van der Waals surface area contributed by atoms with Crippen molar-refractivity contribution in [3.05, 3.63) is 35.6 Å². The highest BCUT2D eigenvalue weighted by Gasteiger charge is 2.58. The summed E-state index contributed by atoms with van der Waals surface area (Å²) in [6, 6.07) is 7.45. The van der Waals surface area contributed by atoms with Gasteiger partial charge in [-0.2, -0.15) is 5.26 Å². The maximum atomic E-state index is 13.4. The molecule has 0 radical (unpaired) electrons. The van der Waals surface area contributed by atoms with Crippen molar-refractivity contribution in [2.24, 2.45) is 5.73 Å². The Labute approximate surface area is 181 Å². The Bertz CT molecular complexity index is 925. The van der Waals surface area contributed by atoms with Gasteiger partial charge in [-0.3, -0.25) is 14.5 Å². The number of amides is 2. The quantitative estimate of drug-likeness (QED) is 0.768. The average molecular weight is 426 g/mol. The Morgan fingerprint density at radius 1 is 1.29 bits per heavy atom. The van der Waals surface area contributed by atoms with Crippen molar-refractivity contribution in [3.63, 3.8) is 0 Å². The standard InChI is InChI=1S/C23H28FN5O2/c24-16-6-4-15(5-7-16)23(8-2-9-23)29-18-11-20(22(29)31)27(13-18)14-19(26)21(30)28-10-1-3-17(28)12-25/h4-7,17-20H,1-3,8-11,13-14,26H2/t17-,18-,19-,20-/m0/s1. The normalized spacial score (nSPS) is 30.4. The minimum atomic E-state index is -0.732. The summed E-state index contributed by atoms with van der Waals surface area (Å²) in [6.45, 7) is 1.60. The van der Waals surface area contributed by atoms with Gasteiger partial charge in [0, 0.05) is 25.7 Å². The van der Waals surface area contributed by atoms with E-state index in [0.717, 1.165) is 37.7 Å². The zero-order valence-electron chi connectivity index (χ0n) is 17.5. The van der Waals surface area contributed by atoms with Crippen LogP contribution in [0.4, 0.5) is 4.39 Å². The van der Waals surface area contributed by atoms with Gasteiger partial charge < -0.3 is 15.5 Å². The summed E-state index contributed by atoms with van der Waals surface area (Å²) in [4.78, 5) is 31.8. The third-order valence-corrected chi connectivity index (χ3v) is 7.73. The molecule has 31 heavy (non-hydrogen) atoms. The number of halogens is 1. The number of hydrogen-bond acceptors (Lipinski definition) is 5. The summed E-state index contributed by atoms with van der Waals surface area (Å²) in [5.74, 6) is -0.372. The van der Waals surface area contributed by atoms with E-state index in [2.05, 4.69) is 6.07 Å². The van der Waals surface area contributed by atoms with Crippen LogP contribution in [-0.4, -0.2) is 70.3 Å². The first kappa shape index (κ1) is 20.4. The lowest BCUT2D eigenvalue weighted by atomic mass is 9.70. The van der Waals surface area contributed by atoms with Crippen molar-refractivity contribution in [2.45, 2.75) is 68.2 Å². The second kappa shape index (κ2) is 7.57. The first-order chi connectivity index (χ1) is 14.9. The summed E-state index contributed by atoms with van der Waals surface area (Å²) in [5, 5.41) is 9.25. The van der Waals surface area contributed by atoms with Crippen LogP contribution in [0.1, 0.15) is 44.1 Å². The van der Waals surface area contributed by atoms with E-state index < -0.39 is 6.04 Å². The van der Waals surface area contributed by atoms with Crippen molar-refractivity contribution < 1.29 is 14.0 Å². The van der Waals surface area contributed by atoms with Gasteiger partial charge >= 0.3 is 0 Å². The van der Waals surface area contributed by atoms with Crippen LogP contribution in [-0.2, 0) is 15.1 Å². The highest BCUT2D eigenvalue weighted by Crippen LogP contribution is 2.51. The van der Waals surface area contributed by atoms with E-state index in [1.807, 2.05) is 21.9 Å². The lowest BCUT2D eigenvalue weighted by Crippen LogP contribution is -2.62. The van der Waals surface area contributed by atoms with E-state index >= 15 is 0 Å². The molecule has 1 aromatic rings. The van der Waals surface area contributed by atoms with Crippen LogP contribution in [0.15, 0.2) is 24.3 Å². The molecular weight excluding hydrogens is 397 g/mol. The molecule has 2 amide bonds. The first-order valence-electron chi connectivity index (χ1n) is 11.2. The minimum Gasteiger partial charge on any atom is -0.327 e. The Kier molecular flexibility index (Phi) is 4.98. The maximum absolute atomic E-state index is 13.4. The summed E-state index contributed by atoms with van der Waals surface area (Å²) < 4.78 is 13.4. The summed E-state index contributed by atoms with van der Waals surface area (Å²) in [6.07, 6.45) is 5.11. The molecule has 3 saturated heterocycles. The molecule has 2 N–H and O–H groups in total. The number of nitrogens with zero attached hydrogens (tertiary/aromatic N) is 4. The molecule has 3 aliphatic heterocycles. The molecular formula is C23H28FN5O2. The fourth-order valence-corrected chi connectivity index (χ4v) is 6.07. The second-order valence-electron chi connectivity index (χ2n) is 9.38. The molecule has 0 spiro atoms. The molecule has 0 unspecified atom stereocenters. The average Bonchev–Trinajstić information content (AvgIpc) is 3.43.